The van der Waals surface area contributed by atoms with E-state index >= 15 is 0 Å². The van der Waals surface area contributed by atoms with E-state index in [9.17, 15) is 0 Å². The molecule has 3 aromatic rings. The molecule has 2 heterocycles. The summed E-state index contributed by atoms with van der Waals surface area (Å²) < 4.78 is 0. The maximum Gasteiger partial charge on any atom is 0.119 e. The molecule has 3 nitrogen and oxygen atoms in total. The monoisotopic (exact) mass is 232 g/mol. The number of H-pyrrole nitrogens is 1. The van der Waals surface area contributed by atoms with Gasteiger partial charge in [0, 0.05) is 16.5 Å². The molecule has 1 aliphatic heterocycles. The lowest BCUT2D eigenvalue weighted by molar-refractivity contribution is 0.986. The van der Waals surface area contributed by atoms with Gasteiger partial charge in [-0.3, -0.25) is 0 Å². The third-order valence-corrected chi connectivity index (χ3v) is 3.20. The van der Waals surface area contributed by atoms with Gasteiger partial charge in [-0.05, 0) is 18.2 Å². The highest BCUT2D eigenvalue weighted by Crippen LogP contribution is 2.26. The second-order valence-corrected chi connectivity index (χ2v) is 4.34. The molecule has 1 aliphatic rings. The Kier molecular flexibility index (Phi) is 1.83. The number of nitrogens with one attached hydrogen (secondary N) is 1. The van der Waals surface area contributed by atoms with E-state index in [2.05, 4.69) is 39.8 Å². The predicted octanol–water partition coefficient (Wildman–Crippen LogP) is 3.17. The predicted molar refractivity (Wildman–Crippen MR) is 72.2 cm³/mol. The molecule has 0 unspecified atom stereocenters. The van der Waals surface area contributed by atoms with Crippen LogP contribution in [0.25, 0.3) is 10.9 Å². The Morgan fingerprint density at radius 3 is 2.67 bits per heavy atom. The first kappa shape index (κ1) is 9.48. The van der Waals surface area contributed by atoms with Crippen molar-refractivity contribution in [3.63, 3.8) is 0 Å². The van der Waals surface area contributed by atoms with Crippen molar-refractivity contribution < 1.29 is 0 Å². The number of hydrogen-bond acceptors (Lipinski definition) is 1. The molecule has 0 bridgehead atoms. The quantitative estimate of drug-likeness (QED) is 0.669. The second-order valence-electron chi connectivity index (χ2n) is 4.34. The van der Waals surface area contributed by atoms with Gasteiger partial charge in [-0.25, -0.2) is 0 Å². The number of para-hydroxylation sites is 1. The molecule has 1 radical (unpaired) electrons. The molecule has 3 heteroatoms. The van der Waals surface area contributed by atoms with Crippen LogP contribution in [0.2, 0.25) is 0 Å². The zero-order valence-corrected chi connectivity index (χ0v) is 9.59. The largest absolute Gasteiger partial charge is 0.353 e. The zero-order valence-electron chi connectivity index (χ0n) is 9.59. The lowest BCUT2D eigenvalue weighted by Gasteiger charge is -1.97. The van der Waals surface area contributed by atoms with E-state index in [-0.39, 0.29) is 0 Å². The number of benzene rings is 2. The fourth-order valence-electron chi connectivity index (χ4n) is 2.32. The van der Waals surface area contributed by atoms with Crippen LogP contribution >= 0.6 is 0 Å². The Hall–Kier alpha value is -2.55. The van der Waals surface area contributed by atoms with Gasteiger partial charge in [0.2, 0.25) is 0 Å². The minimum Gasteiger partial charge on any atom is -0.353 e. The van der Waals surface area contributed by atoms with Crippen LogP contribution in [0.4, 0.5) is 5.69 Å². The number of rotatable bonds is 1. The van der Waals surface area contributed by atoms with Crippen molar-refractivity contribution in [3.8, 4) is 0 Å². The van der Waals surface area contributed by atoms with Crippen molar-refractivity contribution in [1.29, 1.82) is 0 Å². The normalized spacial score (nSPS) is 13.2. The summed E-state index contributed by atoms with van der Waals surface area (Å²) in [7, 11) is 0. The molecule has 0 saturated carbocycles. The molecule has 2 aromatic carbocycles. The van der Waals surface area contributed by atoms with E-state index in [0.29, 0.717) is 0 Å². The summed E-state index contributed by atoms with van der Waals surface area (Å²) in [6.07, 6.45) is 0. The highest BCUT2D eigenvalue weighted by atomic mass is 15.3. The molecule has 0 saturated heterocycles. The molecule has 0 aliphatic carbocycles. The fourth-order valence-corrected chi connectivity index (χ4v) is 2.32. The topological polar surface area (TPSA) is 42.2 Å². The van der Waals surface area contributed by atoms with E-state index < -0.39 is 0 Å². The van der Waals surface area contributed by atoms with Gasteiger partial charge in [0.1, 0.15) is 5.71 Å². The van der Waals surface area contributed by atoms with E-state index in [1.54, 1.807) is 0 Å². The average Bonchev–Trinajstić information content (AvgIpc) is 3.02. The van der Waals surface area contributed by atoms with E-state index in [1.807, 2.05) is 30.3 Å². The van der Waals surface area contributed by atoms with Crippen LogP contribution in [0.15, 0.2) is 59.7 Å². The maximum atomic E-state index is 4.28. The van der Waals surface area contributed by atoms with Crippen LogP contribution in [0, 0.1) is 0 Å². The number of nitrogens with zero attached hydrogens (tertiary/aromatic N) is 2. The summed E-state index contributed by atoms with van der Waals surface area (Å²) in [6.45, 7) is 0. The first-order valence-electron chi connectivity index (χ1n) is 5.88. The van der Waals surface area contributed by atoms with Crippen molar-refractivity contribution >= 4 is 22.3 Å². The van der Waals surface area contributed by atoms with Crippen LogP contribution in [0.1, 0.15) is 11.3 Å². The molecular weight excluding hydrogens is 222 g/mol. The molecular formula is C15H10N3. The van der Waals surface area contributed by atoms with Crippen molar-refractivity contribution in [1.82, 2.24) is 10.4 Å². The lowest BCUT2D eigenvalue weighted by atomic mass is 10.1. The van der Waals surface area contributed by atoms with E-state index in [4.69, 9.17) is 0 Å². The third kappa shape index (κ3) is 1.27. The van der Waals surface area contributed by atoms with Gasteiger partial charge in [-0.15, -0.1) is 10.5 Å². The molecule has 0 atom stereocenters. The Bertz CT molecular complexity index is 735. The molecule has 1 aromatic heterocycles. The Balaban J connectivity index is 1.89. The van der Waals surface area contributed by atoms with Gasteiger partial charge in [0.05, 0.1) is 11.4 Å². The summed E-state index contributed by atoms with van der Waals surface area (Å²) in [5, 5.41) is 5.47. The number of aromatic nitrogens is 1. The summed E-state index contributed by atoms with van der Waals surface area (Å²) in [5.41, 5.74) is 9.28. The first-order valence-corrected chi connectivity index (χ1v) is 5.88. The fraction of sp³-hybridized carbons (Fsp3) is 0. The van der Waals surface area contributed by atoms with Crippen molar-refractivity contribution in [3.05, 3.63) is 65.9 Å². The molecule has 1 N–H and O–H groups in total. The summed E-state index contributed by atoms with van der Waals surface area (Å²) in [5.74, 6) is 0. The van der Waals surface area contributed by atoms with Crippen LogP contribution in [-0.4, -0.2) is 10.7 Å². The van der Waals surface area contributed by atoms with Gasteiger partial charge in [-0.2, -0.15) is 0 Å². The highest BCUT2D eigenvalue weighted by Gasteiger charge is 2.19. The van der Waals surface area contributed by atoms with E-state index in [1.165, 1.54) is 5.39 Å². The van der Waals surface area contributed by atoms with Gasteiger partial charge < -0.3 is 4.98 Å². The third-order valence-electron chi connectivity index (χ3n) is 3.20. The molecule has 0 fully saturated rings. The van der Waals surface area contributed by atoms with Gasteiger partial charge in [-0.1, -0.05) is 36.4 Å². The number of hydrogen-bond donors (Lipinski definition) is 1. The highest BCUT2D eigenvalue weighted by molar-refractivity contribution is 6.17. The Labute approximate surface area is 104 Å². The summed E-state index contributed by atoms with van der Waals surface area (Å²) in [4.78, 5) is 3.39. The maximum absolute atomic E-state index is 4.28. The number of fused-ring (bicyclic) bond motifs is 2. The van der Waals surface area contributed by atoms with Crippen LogP contribution in [0.5, 0.6) is 0 Å². The lowest BCUT2D eigenvalue weighted by Crippen LogP contribution is -1.99. The molecule has 85 valence electrons. The Morgan fingerprint density at radius 1 is 0.889 bits per heavy atom. The Morgan fingerprint density at radius 2 is 1.72 bits per heavy atom. The summed E-state index contributed by atoms with van der Waals surface area (Å²) in [6, 6.07) is 18.4. The molecule has 0 amide bonds. The minimum absolute atomic E-state index is 0.918. The SMILES string of the molecule is c1ccc2c(c1)[N]N=C2c1cc2ccccc2[nH]1. The molecule has 4 rings (SSSR count). The van der Waals surface area contributed by atoms with Gasteiger partial charge in [0.15, 0.2) is 0 Å². The minimum atomic E-state index is 0.918. The van der Waals surface area contributed by atoms with E-state index in [0.717, 1.165) is 28.2 Å². The van der Waals surface area contributed by atoms with Gasteiger partial charge in [0.25, 0.3) is 0 Å². The van der Waals surface area contributed by atoms with Crippen molar-refractivity contribution in [2.75, 3.05) is 0 Å². The van der Waals surface area contributed by atoms with Crippen LogP contribution in [0.3, 0.4) is 0 Å². The van der Waals surface area contributed by atoms with Crippen LogP contribution < -0.4 is 5.43 Å². The van der Waals surface area contributed by atoms with Crippen LogP contribution in [-0.2, 0) is 0 Å². The average molecular weight is 232 g/mol. The molecule has 0 spiro atoms. The standard InChI is InChI=1S/C15H10N3/c1-3-7-12-10(5-1)9-14(16-12)15-11-6-2-4-8-13(11)17-18-15/h1-9,16H. The second kappa shape index (κ2) is 3.47. The number of aromatic amines is 1. The molecule has 18 heavy (non-hydrogen) atoms. The summed E-state index contributed by atoms with van der Waals surface area (Å²) >= 11 is 0. The van der Waals surface area contributed by atoms with Crippen molar-refractivity contribution in [2.24, 2.45) is 5.10 Å². The smallest absolute Gasteiger partial charge is 0.119 e. The van der Waals surface area contributed by atoms with Gasteiger partial charge >= 0.3 is 0 Å². The first-order chi connectivity index (χ1) is 8.92. The van der Waals surface area contributed by atoms with Crippen molar-refractivity contribution in [2.45, 2.75) is 0 Å². The zero-order chi connectivity index (χ0) is 11.9.